The molecule has 0 aromatic heterocycles. The smallest absolute Gasteiger partial charge is 0.462 e. The Morgan fingerprint density at radius 2 is 0.505 bits per heavy atom. The number of hydrogen-bond donors (Lipinski definition) is 3. The van der Waals surface area contributed by atoms with E-state index in [4.69, 9.17) is 37.0 Å². The van der Waals surface area contributed by atoms with Gasteiger partial charge in [0.1, 0.15) is 19.3 Å². The first kappa shape index (κ1) is 93.1. The highest BCUT2D eigenvalue weighted by Crippen LogP contribution is 2.45. The zero-order valence-corrected chi connectivity index (χ0v) is 64.1. The maximum Gasteiger partial charge on any atom is 0.472 e. The van der Waals surface area contributed by atoms with Crippen LogP contribution in [-0.4, -0.2) is 96.7 Å². The number of ether oxygens (including phenoxy) is 4. The molecule has 0 aromatic rings. The zero-order valence-electron chi connectivity index (χ0n) is 62.3. The average molecular weight is 1400 g/mol. The Bertz CT molecular complexity index is 1870. The van der Waals surface area contributed by atoms with Gasteiger partial charge in [-0.1, -0.05) is 331 Å². The van der Waals surface area contributed by atoms with Gasteiger partial charge in [0.05, 0.1) is 26.4 Å². The van der Waals surface area contributed by atoms with E-state index in [1.165, 1.54) is 180 Å². The topological polar surface area (TPSA) is 237 Å². The van der Waals surface area contributed by atoms with Crippen LogP contribution in [0.5, 0.6) is 0 Å². The molecule has 95 heavy (non-hydrogen) atoms. The van der Waals surface area contributed by atoms with Crippen LogP contribution in [0.15, 0.2) is 0 Å². The van der Waals surface area contributed by atoms with Crippen LogP contribution in [0, 0.1) is 23.7 Å². The Morgan fingerprint density at radius 1 is 0.295 bits per heavy atom. The monoisotopic (exact) mass is 1400 g/mol. The summed E-state index contributed by atoms with van der Waals surface area (Å²) in [5, 5.41) is 10.6. The van der Waals surface area contributed by atoms with Crippen molar-refractivity contribution < 1.29 is 80.2 Å². The summed E-state index contributed by atoms with van der Waals surface area (Å²) in [6.45, 7) is 14.2. The molecule has 0 aliphatic heterocycles. The highest BCUT2D eigenvalue weighted by atomic mass is 31.2. The maximum absolute atomic E-state index is 13.1. The molecule has 0 saturated heterocycles. The molecular weight excluding hydrogens is 1250 g/mol. The Balaban J connectivity index is 5.15. The van der Waals surface area contributed by atoms with Crippen LogP contribution in [-0.2, 0) is 65.4 Å². The number of aliphatic hydroxyl groups excluding tert-OH is 1. The van der Waals surface area contributed by atoms with E-state index in [1.54, 1.807) is 0 Å². The second kappa shape index (κ2) is 65.4. The minimum absolute atomic E-state index is 0.104. The zero-order chi connectivity index (χ0) is 70.3. The summed E-state index contributed by atoms with van der Waals surface area (Å²) in [7, 11) is -9.91. The molecule has 0 aliphatic carbocycles. The fraction of sp³-hybridized carbons (Fsp3) is 0.947. The van der Waals surface area contributed by atoms with E-state index in [0.29, 0.717) is 25.7 Å². The number of phosphoric acid groups is 2. The van der Waals surface area contributed by atoms with Gasteiger partial charge in [-0.15, -0.1) is 0 Å². The number of phosphoric ester groups is 2. The third-order valence-corrected chi connectivity index (χ3v) is 20.2. The quantitative estimate of drug-likeness (QED) is 0.0222. The normalized spacial score (nSPS) is 14.7. The molecule has 0 saturated carbocycles. The molecule has 0 aliphatic rings. The lowest BCUT2D eigenvalue weighted by molar-refractivity contribution is -0.161. The number of rotatable bonds is 73. The Hall–Kier alpha value is -1.94. The predicted octanol–water partition coefficient (Wildman–Crippen LogP) is 22.0. The molecule has 3 N–H and O–H groups in total. The van der Waals surface area contributed by atoms with Crippen molar-refractivity contribution in [2.75, 3.05) is 39.6 Å². The van der Waals surface area contributed by atoms with E-state index in [9.17, 15) is 43.2 Å². The van der Waals surface area contributed by atoms with Gasteiger partial charge in [-0.25, -0.2) is 9.13 Å². The third-order valence-electron chi connectivity index (χ3n) is 18.3. The standard InChI is InChI=1S/C76H148O17P2/c1-9-68(7)54-46-38-30-23-19-17-15-13-11-12-14-16-18-20-24-31-40-48-56-73(78)86-62-71(93-76(81)59-51-43-33-27-26-29-37-45-53-67(5)6)64-90-94(82,83)88-60-70(77)61-89-95(84,85)91-65-72(63-87-74(79)57-49-41-35-34-39-47-55-69(8)10-2)92-75(80)58-50-42-32-25-21-22-28-36-44-52-66(3)4/h66-72,77H,9-65H2,1-8H3,(H,82,83)(H,84,85)/t68?,69?,70-,71-,72-/m1/s1. The molecule has 0 heterocycles. The number of esters is 4. The highest BCUT2D eigenvalue weighted by molar-refractivity contribution is 7.47. The Morgan fingerprint density at radius 3 is 0.747 bits per heavy atom. The summed E-state index contributed by atoms with van der Waals surface area (Å²) in [6, 6.07) is 0. The van der Waals surface area contributed by atoms with Gasteiger partial charge in [0.2, 0.25) is 0 Å². The lowest BCUT2D eigenvalue weighted by Crippen LogP contribution is -2.30. The van der Waals surface area contributed by atoms with E-state index in [0.717, 1.165) is 120 Å². The highest BCUT2D eigenvalue weighted by Gasteiger charge is 2.30. The molecule has 4 unspecified atom stereocenters. The average Bonchev–Trinajstić information content (AvgIpc) is 1.71. The van der Waals surface area contributed by atoms with E-state index < -0.39 is 97.5 Å². The van der Waals surface area contributed by atoms with Gasteiger partial charge in [0, 0.05) is 25.7 Å². The minimum Gasteiger partial charge on any atom is -0.462 e. The van der Waals surface area contributed by atoms with Crippen LogP contribution in [0.3, 0.4) is 0 Å². The summed E-state index contributed by atoms with van der Waals surface area (Å²) in [5.41, 5.74) is 0. The SMILES string of the molecule is CCC(C)CCCCCCCCCCCCCCCCCCCCC(=O)OC[C@H](COP(=O)(O)OC[C@@H](O)COP(=O)(O)OC[C@@H](COC(=O)CCCCCCCCC(C)CC)OC(=O)CCCCCCCCCCCC(C)C)OC(=O)CCCCCCCCCCC(C)C. The van der Waals surface area contributed by atoms with Gasteiger partial charge in [0.15, 0.2) is 12.2 Å². The van der Waals surface area contributed by atoms with Crippen molar-refractivity contribution in [3.63, 3.8) is 0 Å². The van der Waals surface area contributed by atoms with E-state index in [1.807, 2.05) is 0 Å². The molecular formula is C76H148O17P2. The number of carbonyl (C=O) groups excluding carboxylic acids is 4. The maximum atomic E-state index is 13.1. The number of aliphatic hydroxyl groups is 1. The van der Waals surface area contributed by atoms with Crippen molar-refractivity contribution in [2.45, 2.75) is 401 Å². The number of hydrogen-bond acceptors (Lipinski definition) is 15. The molecule has 0 rings (SSSR count). The van der Waals surface area contributed by atoms with Crippen LogP contribution in [0.4, 0.5) is 0 Å². The second-order valence-corrected chi connectivity index (χ2v) is 31.7. The van der Waals surface area contributed by atoms with E-state index >= 15 is 0 Å². The van der Waals surface area contributed by atoms with Crippen molar-refractivity contribution in [3.8, 4) is 0 Å². The largest absolute Gasteiger partial charge is 0.472 e. The fourth-order valence-electron chi connectivity index (χ4n) is 11.5. The van der Waals surface area contributed by atoms with E-state index in [-0.39, 0.29) is 25.7 Å². The van der Waals surface area contributed by atoms with Crippen molar-refractivity contribution >= 4 is 39.5 Å². The summed E-state index contributed by atoms with van der Waals surface area (Å²) in [6.07, 6.45) is 50.2. The molecule has 7 atom stereocenters. The van der Waals surface area contributed by atoms with Gasteiger partial charge in [-0.2, -0.15) is 0 Å². The molecule has 0 amide bonds. The predicted molar refractivity (Wildman–Crippen MR) is 386 cm³/mol. The molecule has 19 heteroatoms. The van der Waals surface area contributed by atoms with Crippen molar-refractivity contribution in [1.29, 1.82) is 0 Å². The Labute approximate surface area is 581 Å². The molecule has 0 radical (unpaired) electrons. The second-order valence-electron chi connectivity index (χ2n) is 28.8. The molecule has 17 nitrogen and oxygen atoms in total. The number of carbonyl (C=O) groups is 4. The van der Waals surface area contributed by atoms with Crippen molar-refractivity contribution in [1.82, 2.24) is 0 Å². The first-order chi connectivity index (χ1) is 45.7. The molecule has 0 bridgehead atoms. The van der Waals surface area contributed by atoms with Crippen molar-refractivity contribution in [2.24, 2.45) is 23.7 Å². The lowest BCUT2D eigenvalue weighted by atomic mass is 9.99. The first-order valence-electron chi connectivity index (χ1n) is 39.3. The van der Waals surface area contributed by atoms with Crippen LogP contribution in [0.2, 0.25) is 0 Å². The third kappa shape index (κ3) is 67.6. The molecule has 0 aromatic carbocycles. The molecule has 564 valence electrons. The van der Waals surface area contributed by atoms with Crippen LogP contribution < -0.4 is 0 Å². The van der Waals surface area contributed by atoms with Crippen LogP contribution in [0.1, 0.15) is 383 Å². The van der Waals surface area contributed by atoms with Crippen LogP contribution >= 0.6 is 15.6 Å². The first-order valence-corrected chi connectivity index (χ1v) is 42.3. The fourth-order valence-corrected chi connectivity index (χ4v) is 13.1. The number of unbranched alkanes of at least 4 members (excludes halogenated alkanes) is 37. The Kier molecular flexibility index (Phi) is 64.0. The van der Waals surface area contributed by atoms with E-state index in [2.05, 4.69) is 55.4 Å². The van der Waals surface area contributed by atoms with Gasteiger partial charge in [0.25, 0.3) is 0 Å². The van der Waals surface area contributed by atoms with Gasteiger partial charge in [-0.05, 0) is 49.4 Å². The summed E-state index contributed by atoms with van der Waals surface area (Å²) >= 11 is 0. The van der Waals surface area contributed by atoms with Crippen LogP contribution in [0.25, 0.3) is 0 Å². The summed E-state index contributed by atoms with van der Waals surface area (Å²) in [4.78, 5) is 72.7. The molecule has 0 spiro atoms. The van der Waals surface area contributed by atoms with Gasteiger partial charge >= 0.3 is 39.5 Å². The molecule has 0 fully saturated rings. The summed E-state index contributed by atoms with van der Waals surface area (Å²) in [5.74, 6) is 0.933. The van der Waals surface area contributed by atoms with Crippen molar-refractivity contribution in [3.05, 3.63) is 0 Å². The minimum atomic E-state index is -4.96. The lowest BCUT2D eigenvalue weighted by Gasteiger charge is -2.21. The van der Waals surface area contributed by atoms with Gasteiger partial charge in [-0.3, -0.25) is 37.3 Å². The van der Waals surface area contributed by atoms with Gasteiger partial charge < -0.3 is 33.8 Å². The summed E-state index contributed by atoms with van der Waals surface area (Å²) < 4.78 is 68.4.